The van der Waals surface area contributed by atoms with Gasteiger partial charge >= 0.3 is 6.03 Å². The largest absolute Gasteiger partial charge is 0.334 e. The molecule has 0 saturated carbocycles. The zero-order valence-corrected chi connectivity index (χ0v) is 13.6. The van der Waals surface area contributed by atoms with Crippen LogP contribution < -0.4 is 5.32 Å². The molecule has 2 amide bonds. The van der Waals surface area contributed by atoms with Crippen LogP contribution in [0.1, 0.15) is 26.2 Å². The second-order valence-corrected chi connectivity index (χ2v) is 6.19. The molecule has 0 aliphatic carbocycles. The molecule has 1 aromatic heterocycles. The Hall–Kier alpha value is -2.30. The Morgan fingerprint density at radius 2 is 1.91 bits per heavy atom. The van der Waals surface area contributed by atoms with Gasteiger partial charge in [-0.3, -0.25) is 4.68 Å². The smallest absolute Gasteiger partial charge is 0.317 e. The van der Waals surface area contributed by atoms with E-state index in [1.807, 2.05) is 59.1 Å². The molecular weight excluding hydrogens is 288 g/mol. The molecule has 3 rings (SSSR count). The SMILES string of the molecule is CC(Cn1ccc(-c2ccccc2)n1)NC(=O)N1CCCCC1. The average Bonchev–Trinajstić information content (AvgIpc) is 3.04. The van der Waals surface area contributed by atoms with E-state index in [1.54, 1.807) is 0 Å². The lowest BCUT2D eigenvalue weighted by Gasteiger charge is -2.28. The van der Waals surface area contributed by atoms with Gasteiger partial charge in [0, 0.05) is 30.9 Å². The van der Waals surface area contributed by atoms with Crippen molar-refractivity contribution in [3.63, 3.8) is 0 Å². The van der Waals surface area contributed by atoms with Crippen LogP contribution >= 0.6 is 0 Å². The third-order valence-corrected chi connectivity index (χ3v) is 4.18. The summed E-state index contributed by atoms with van der Waals surface area (Å²) < 4.78 is 1.89. The van der Waals surface area contributed by atoms with Crippen molar-refractivity contribution >= 4 is 6.03 Å². The standard InChI is InChI=1S/C18H24N4O/c1-15(19-18(23)21-11-6-3-7-12-21)14-22-13-10-17(20-22)16-8-4-2-5-9-16/h2,4-5,8-10,13,15H,3,6-7,11-12,14H2,1H3,(H,19,23). The maximum absolute atomic E-state index is 12.2. The molecule has 1 aliphatic rings. The molecule has 0 radical (unpaired) electrons. The van der Waals surface area contributed by atoms with Crippen molar-refractivity contribution in [3.8, 4) is 11.3 Å². The van der Waals surface area contributed by atoms with Gasteiger partial charge in [-0.2, -0.15) is 5.10 Å². The van der Waals surface area contributed by atoms with Gasteiger partial charge in [0.2, 0.25) is 0 Å². The fourth-order valence-corrected chi connectivity index (χ4v) is 2.95. The van der Waals surface area contributed by atoms with Gasteiger partial charge in [-0.25, -0.2) is 4.79 Å². The number of aromatic nitrogens is 2. The normalized spacial score (nSPS) is 16.1. The summed E-state index contributed by atoms with van der Waals surface area (Å²) in [5, 5.41) is 7.67. The molecule has 1 N–H and O–H groups in total. The summed E-state index contributed by atoms with van der Waals surface area (Å²) in [4.78, 5) is 14.1. The number of nitrogens with zero attached hydrogens (tertiary/aromatic N) is 3. The van der Waals surface area contributed by atoms with Gasteiger partial charge in [0.1, 0.15) is 0 Å². The minimum atomic E-state index is 0.0487. The Labute approximate surface area is 137 Å². The zero-order chi connectivity index (χ0) is 16.1. The maximum Gasteiger partial charge on any atom is 0.317 e. The summed E-state index contributed by atoms with van der Waals surface area (Å²) >= 11 is 0. The van der Waals surface area contributed by atoms with Gasteiger partial charge in [0.25, 0.3) is 0 Å². The van der Waals surface area contributed by atoms with E-state index < -0.39 is 0 Å². The quantitative estimate of drug-likeness (QED) is 0.943. The molecule has 1 atom stereocenters. The summed E-state index contributed by atoms with van der Waals surface area (Å²) in [6, 6.07) is 12.2. The number of nitrogens with one attached hydrogen (secondary N) is 1. The monoisotopic (exact) mass is 312 g/mol. The maximum atomic E-state index is 12.2. The summed E-state index contributed by atoms with van der Waals surface area (Å²) in [6.07, 6.45) is 5.42. The molecule has 1 unspecified atom stereocenters. The minimum Gasteiger partial charge on any atom is -0.334 e. The first kappa shape index (κ1) is 15.6. The molecule has 1 saturated heterocycles. The number of piperidine rings is 1. The first-order chi connectivity index (χ1) is 11.2. The van der Waals surface area contributed by atoms with Crippen LogP contribution in [0.5, 0.6) is 0 Å². The number of rotatable bonds is 4. The molecule has 23 heavy (non-hydrogen) atoms. The van der Waals surface area contributed by atoms with Crippen molar-refractivity contribution in [2.45, 2.75) is 38.8 Å². The van der Waals surface area contributed by atoms with E-state index in [-0.39, 0.29) is 12.1 Å². The molecular formula is C18H24N4O. The highest BCUT2D eigenvalue weighted by atomic mass is 16.2. The first-order valence-electron chi connectivity index (χ1n) is 8.37. The topological polar surface area (TPSA) is 50.2 Å². The molecule has 0 spiro atoms. The van der Waals surface area contributed by atoms with E-state index in [9.17, 15) is 4.79 Å². The number of hydrogen-bond acceptors (Lipinski definition) is 2. The van der Waals surface area contributed by atoms with E-state index >= 15 is 0 Å². The number of carbonyl (C=O) groups excluding carboxylic acids is 1. The van der Waals surface area contributed by atoms with Crippen LogP contribution in [-0.4, -0.2) is 39.8 Å². The average molecular weight is 312 g/mol. The Bertz CT molecular complexity index is 631. The van der Waals surface area contributed by atoms with Crippen LogP contribution in [0.15, 0.2) is 42.6 Å². The Morgan fingerprint density at radius 1 is 1.17 bits per heavy atom. The van der Waals surface area contributed by atoms with Crippen molar-refractivity contribution in [1.29, 1.82) is 0 Å². The summed E-state index contributed by atoms with van der Waals surface area (Å²) in [6.45, 7) is 4.44. The van der Waals surface area contributed by atoms with Crippen LogP contribution in [0.4, 0.5) is 4.79 Å². The molecule has 122 valence electrons. The summed E-state index contributed by atoms with van der Waals surface area (Å²) in [5.41, 5.74) is 2.07. The van der Waals surface area contributed by atoms with E-state index in [2.05, 4.69) is 10.4 Å². The van der Waals surface area contributed by atoms with Crippen molar-refractivity contribution < 1.29 is 4.79 Å². The van der Waals surface area contributed by atoms with Crippen molar-refractivity contribution in [2.75, 3.05) is 13.1 Å². The van der Waals surface area contributed by atoms with Gasteiger partial charge < -0.3 is 10.2 Å². The number of amides is 2. The Balaban J connectivity index is 1.54. The molecule has 2 heterocycles. The molecule has 1 aromatic carbocycles. The van der Waals surface area contributed by atoms with Crippen LogP contribution in [0.25, 0.3) is 11.3 Å². The third-order valence-electron chi connectivity index (χ3n) is 4.18. The molecule has 2 aromatic rings. The molecule has 1 fully saturated rings. The highest BCUT2D eigenvalue weighted by Gasteiger charge is 2.18. The van der Waals surface area contributed by atoms with Gasteiger partial charge in [-0.05, 0) is 32.3 Å². The van der Waals surface area contributed by atoms with Crippen LogP contribution in [0.2, 0.25) is 0 Å². The predicted octanol–water partition coefficient (Wildman–Crippen LogP) is 3.13. The Kier molecular flexibility index (Phi) is 4.95. The second kappa shape index (κ2) is 7.31. The summed E-state index contributed by atoms with van der Waals surface area (Å²) in [5.74, 6) is 0. The predicted molar refractivity (Wildman–Crippen MR) is 91.1 cm³/mol. The number of benzene rings is 1. The second-order valence-electron chi connectivity index (χ2n) is 6.19. The van der Waals surface area contributed by atoms with Gasteiger partial charge in [-0.15, -0.1) is 0 Å². The highest BCUT2D eigenvalue weighted by molar-refractivity contribution is 5.74. The van der Waals surface area contributed by atoms with E-state index in [4.69, 9.17) is 0 Å². The fraction of sp³-hybridized carbons (Fsp3) is 0.444. The minimum absolute atomic E-state index is 0.0487. The van der Waals surface area contributed by atoms with E-state index in [1.165, 1.54) is 6.42 Å². The van der Waals surface area contributed by atoms with Gasteiger partial charge in [0.05, 0.1) is 12.2 Å². The third kappa shape index (κ3) is 4.12. The van der Waals surface area contributed by atoms with Gasteiger partial charge in [-0.1, -0.05) is 30.3 Å². The first-order valence-corrected chi connectivity index (χ1v) is 8.37. The lowest BCUT2D eigenvalue weighted by molar-refractivity contribution is 0.182. The van der Waals surface area contributed by atoms with Crippen molar-refractivity contribution in [1.82, 2.24) is 20.0 Å². The zero-order valence-electron chi connectivity index (χ0n) is 13.6. The molecule has 0 bridgehead atoms. The molecule has 5 heteroatoms. The summed E-state index contributed by atoms with van der Waals surface area (Å²) in [7, 11) is 0. The number of likely N-dealkylation sites (tertiary alicyclic amines) is 1. The van der Waals surface area contributed by atoms with Crippen LogP contribution in [0.3, 0.4) is 0 Å². The van der Waals surface area contributed by atoms with Gasteiger partial charge in [0.15, 0.2) is 0 Å². The van der Waals surface area contributed by atoms with E-state index in [0.717, 1.165) is 37.2 Å². The number of carbonyl (C=O) groups is 1. The van der Waals surface area contributed by atoms with E-state index in [0.29, 0.717) is 6.54 Å². The highest BCUT2D eigenvalue weighted by Crippen LogP contribution is 2.16. The molecule has 5 nitrogen and oxygen atoms in total. The number of hydrogen-bond donors (Lipinski definition) is 1. The Morgan fingerprint density at radius 3 is 2.65 bits per heavy atom. The van der Waals surface area contributed by atoms with Crippen molar-refractivity contribution in [2.24, 2.45) is 0 Å². The van der Waals surface area contributed by atoms with Crippen molar-refractivity contribution in [3.05, 3.63) is 42.6 Å². The lowest BCUT2D eigenvalue weighted by Crippen LogP contribution is -2.47. The molecule has 1 aliphatic heterocycles. The van der Waals surface area contributed by atoms with Crippen LogP contribution in [-0.2, 0) is 6.54 Å². The lowest BCUT2D eigenvalue weighted by atomic mass is 10.1. The van der Waals surface area contributed by atoms with Crippen LogP contribution in [0, 0.1) is 0 Å². The number of urea groups is 1. The fourth-order valence-electron chi connectivity index (χ4n) is 2.95.